The quantitative estimate of drug-likeness (QED) is 0.531. The van der Waals surface area contributed by atoms with Crippen molar-refractivity contribution in [3.8, 4) is 5.75 Å². The molecule has 0 saturated heterocycles. The third-order valence-corrected chi connectivity index (χ3v) is 6.07. The van der Waals surface area contributed by atoms with Crippen molar-refractivity contribution < 1.29 is 14.2 Å². The zero-order valence-corrected chi connectivity index (χ0v) is 19.7. The Kier molecular flexibility index (Phi) is 7.22. The van der Waals surface area contributed by atoms with Crippen molar-refractivity contribution >= 4 is 12.0 Å². The lowest BCUT2D eigenvalue weighted by Crippen LogP contribution is -2.32. The topological polar surface area (TPSA) is 93.7 Å². The normalized spacial score (nSPS) is 14.1. The third-order valence-electron chi connectivity index (χ3n) is 6.07. The zero-order chi connectivity index (χ0) is 24.1. The highest BCUT2D eigenvalue weighted by molar-refractivity contribution is 5.98. The van der Waals surface area contributed by atoms with E-state index < -0.39 is 0 Å². The van der Waals surface area contributed by atoms with Crippen LogP contribution in [0.1, 0.15) is 33.0 Å². The Bertz CT molecular complexity index is 1230. The Morgan fingerprint density at radius 2 is 2.00 bits per heavy atom. The number of aryl methyl sites for hydroxylation is 1. The maximum absolute atomic E-state index is 13.5. The summed E-state index contributed by atoms with van der Waals surface area (Å²) in [6.45, 7) is 4.73. The van der Waals surface area contributed by atoms with Gasteiger partial charge in [-0.2, -0.15) is 0 Å². The summed E-state index contributed by atoms with van der Waals surface area (Å²) in [5.41, 5.74) is 3.32. The molecule has 0 saturated carbocycles. The first-order valence-corrected chi connectivity index (χ1v) is 11.3. The van der Waals surface area contributed by atoms with Crippen molar-refractivity contribution in [1.82, 2.24) is 24.7 Å². The van der Waals surface area contributed by atoms with Gasteiger partial charge in [-0.15, -0.1) is 0 Å². The van der Waals surface area contributed by atoms with Gasteiger partial charge in [0.2, 0.25) is 0 Å². The molecule has 0 atom stereocenters. The number of carbonyl (C=O) groups excluding carboxylic acids is 1. The van der Waals surface area contributed by atoms with E-state index in [0.717, 1.165) is 18.7 Å². The summed E-state index contributed by atoms with van der Waals surface area (Å²) in [6.07, 6.45) is 4.78. The summed E-state index contributed by atoms with van der Waals surface area (Å²) in [6, 6.07) is 11.5. The third kappa shape index (κ3) is 5.09. The number of carbonyl (C=O) groups is 1. The number of hydrogen-bond donors (Lipinski definition) is 0. The van der Waals surface area contributed by atoms with Crippen LogP contribution in [0.15, 0.2) is 51.9 Å². The van der Waals surface area contributed by atoms with Gasteiger partial charge in [0.25, 0.3) is 11.5 Å². The molecule has 0 radical (unpaired) electrons. The van der Waals surface area contributed by atoms with E-state index in [1.165, 1.54) is 13.2 Å². The molecule has 0 aliphatic carbocycles. The molecule has 0 unspecified atom stereocenters. The van der Waals surface area contributed by atoms with Gasteiger partial charge in [0.1, 0.15) is 22.7 Å². The second-order valence-electron chi connectivity index (χ2n) is 8.35. The highest BCUT2D eigenvalue weighted by atomic mass is 16.6. The fourth-order valence-electron chi connectivity index (χ4n) is 4.15. The maximum atomic E-state index is 13.5. The Hall–Kier alpha value is -3.72. The van der Waals surface area contributed by atoms with E-state index in [-0.39, 0.29) is 18.0 Å². The highest BCUT2D eigenvalue weighted by Gasteiger charge is 2.27. The summed E-state index contributed by atoms with van der Waals surface area (Å²) >= 11 is 0. The summed E-state index contributed by atoms with van der Waals surface area (Å²) in [5, 5.41) is 7.65. The van der Waals surface area contributed by atoms with E-state index in [9.17, 15) is 9.59 Å². The van der Waals surface area contributed by atoms with Crippen LogP contribution in [0.2, 0.25) is 0 Å². The minimum Gasteiger partial charge on any atom is -0.496 e. The number of rotatable bonds is 7. The Morgan fingerprint density at radius 3 is 2.71 bits per heavy atom. The minimum atomic E-state index is -0.236. The number of ether oxygens (including phenoxy) is 1. The number of pyridine rings is 1. The van der Waals surface area contributed by atoms with Crippen LogP contribution in [0.3, 0.4) is 0 Å². The summed E-state index contributed by atoms with van der Waals surface area (Å²) in [7, 11) is 3.17. The van der Waals surface area contributed by atoms with Crippen LogP contribution in [0.4, 0.5) is 0 Å². The number of amides is 1. The number of fused-ring (bicyclic) bond motifs is 1. The van der Waals surface area contributed by atoms with Gasteiger partial charge in [0.15, 0.2) is 0 Å². The van der Waals surface area contributed by atoms with E-state index in [1.54, 1.807) is 23.4 Å². The second kappa shape index (κ2) is 10.5. The molecule has 3 heterocycles. The van der Waals surface area contributed by atoms with Gasteiger partial charge in [-0.05, 0) is 12.5 Å². The lowest BCUT2D eigenvalue weighted by Gasteiger charge is -2.21. The van der Waals surface area contributed by atoms with Crippen LogP contribution < -0.4 is 10.3 Å². The van der Waals surface area contributed by atoms with Gasteiger partial charge in [0, 0.05) is 51.4 Å². The van der Waals surface area contributed by atoms with E-state index in [4.69, 9.17) is 9.37 Å². The molecule has 1 aliphatic heterocycles. The second-order valence-corrected chi connectivity index (χ2v) is 8.35. The van der Waals surface area contributed by atoms with E-state index >= 15 is 0 Å². The van der Waals surface area contributed by atoms with E-state index in [1.807, 2.05) is 18.2 Å². The van der Waals surface area contributed by atoms with Gasteiger partial charge < -0.3 is 14.2 Å². The molecule has 2 aromatic heterocycles. The summed E-state index contributed by atoms with van der Waals surface area (Å²) < 4.78 is 11.9. The smallest absolute Gasteiger partial charge is 0.259 e. The molecule has 1 amide bonds. The number of aromatic nitrogens is 3. The van der Waals surface area contributed by atoms with Crippen LogP contribution in [0.25, 0.3) is 6.08 Å². The summed E-state index contributed by atoms with van der Waals surface area (Å²) in [5.74, 6) is 0.0564. The van der Waals surface area contributed by atoms with Crippen LogP contribution in [-0.2, 0) is 19.5 Å². The van der Waals surface area contributed by atoms with Gasteiger partial charge in [-0.1, -0.05) is 52.8 Å². The predicted molar refractivity (Wildman–Crippen MR) is 128 cm³/mol. The van der Waals surface area contributed by atoms with Crippen LogP contribution >= 0.6 is 0 Å². The van der Waals surface area contributed by atoms with Crippen molar-refractivity contribution in [3.05, 3.63) is 81.0 Å². The largest absolute Gasteiger partial charge is 0.496 e. The van der Waals surface area contributed by atoms with Crippen LogP contribution in [0.5, 0.6) is 5.75 Å². The minimum absolute atomic E-state index is 0.163. The fourth-order valence-corrected chi connectivity index (χ4v) is 4.15. The first kappa shape index (κ1) is 23.4. The lowest BCUT2D eigenvalue weighted by atomic mass is 10.1. The molecule has 0 fully saturated rings. The average molecular weight is 464 g/mol. The summed E-state index contributed by atoms with van der Waals surface area (Å²) in [4.78, 5) is 30.2. The van der Waals surface area contributed by atoms with Crippen molar-refractivity contribution in [1.29, 1.82) is 0 Å². The predicted octanol–water partition coefficient (Wildman–Crippen LogP) is 2.39. The fraction of sp³-hybridized carbons (Fsp3) is 0.360. The standard InChI is InChI=1S/C25H29N5O4/c1-18-20(27-34-26-18)17-28(2)25(32)24-21-11-13-29(12-7-10-19-8-5-4-6-9-19)14-15-30(21)23(31)16-22(24)33-3/h4-10,16H,11-15,17H2,1-3H3. The van der Waals surface area contributed by atoms with Gasteiger partial charge in [-0.3, -0.25) is 14.5 Å². The average Bonchev–Trinajstić information content (AvgIpc) is 3.12. The number of hydrogen-bond acceptors (Lipinski definition) is 7. The molecule has 3 aromatic rings. The molecular weight excluding hydrogens is 434 g/mol. The highest BCUT2D eigenvalue weighted by Crippen LogP contribution is 2.25. The molecule has 1 aliphatic rings. The molecule has 0 N–H and O–H groups in total. The molecule has 9 heteroatoms. The Morgan fingerprint density at radius 1 is 1.21 bits per heavy atom. The van der Waals surface area contributed by atoms with Crippen molar-refractivity contribution in [2.45, 2.75) is 26.4 Å². The van der Waals surface area contributed by atoms with Gasteiger partial charge >= 0.3 is 0 Å². The number of benzene rings is 1. The molecule has 9 nitrogen and oxygen atoms in total. The zero-order valence-electron chi connectivity index (χ0n) is 19.7. The van der Waals surface area contributed by atoms with Crippen LogP contribution in [0, 0.1) is 6.92 Å². The van der Waals surface area contributed by atoms with Gasteiger partial charge in [0.05, 0.1) is 13.7 Å². The van der Waals surface area contributed by atoms with Crippen molar-refractivity contribution in [2.75, 3.05) is 33.8 Å². The molecule has 0 spiro atoms. The molecular formula is C25H29N5O4. The number of methoxy groups -OCH3 is 1. The first-order valence-electron chi connectivity index (χ1n) is 11.3. The van der Waals surface area contributed by atoms with Crippen LogP contribution in [-0.4, -0.2) is 64.4 Å². The molecule has 1 aromatic carbocycles. The first-order chi connectivity index (χ1) is 16.5. The molecule has 34 heavy (non-hydrogen) atoms. The molecule has 178 valence electrons. The monoisotopic (exact) mass is 463 g/mol. The van der Waals surface area contributed by atoms with Crippen molar-refractivity contribution in [2.24, 2.45) is 0 Å². The SMILES string of the molecule is COc1cc(=O)n2c(c1C(=O)N(C)Cc1nonc1C)CCN(CC=Cc1ccccc1)CC2. The van der Waals surface area contributed by atoms with E-state index in [2.05, 4.69) is 39.5 Å². The molecule has 4 rings (SSSR count). The Balaban J connectivity index is 1.55. The van der Waals surface area contributed by atoms with Crippen molar-refractivity contribution in [3.63, 3.8) is 0 Å². The van der Waals surface area contributed by atoms with E-state index in [0.29, 0.717) is 47.9 Å². The van der Waals surface area contributed by atoms with Gasteiger partial charge in [-0.25, -0.2) is 4.63 Å². The number of nitrogens with zero attached hydrogens (tertiary/aromatic N) is 5. The molecule has 0 bridgehead atoms. The maximum Gasteiger partial charge on any atom is 0.259 e. The lowest BCUT2D eigenvalue weighted by molar-refractivity contribution is 0.0776. The Labute approximate surface area is 198 Å².